The fourth-order valence-corrected chi connectivity index (χ4v) is 18.3. The topological polar surface area (TPSA) is 349 Å². The van der Waals surface area contributed by atoms with Gasteiger partial charge in [-0.15, -0.1) is 12.4 Å². The molecule has 0 aliphatic rings. The van der Waals surface area contributed by atoms with Crippen LogP contribution in [0.5, 0.6) is 51.7 Å². The van der Waals surface area contributed by atoms with Crippen LogP contribution in [-0.2, 0) is 48.0 Å². The van der Waals surface area contributed by atoms with Crippen LogP contribution in [0.25, 0.3) is 0 Å². The molecule has 0 fully saturated rings. The molecule has 3 unspecified atom stereocenters. The number of carboxylic acids is 3. The summed E-state index contributed by atoms with van der Waals surface area (Å²) in [5, 5.41) is 64.7. The van der Waals surface area contributed by atoms with Crippen LogP contribution in [-0.4, -0.2) is 103 Å². The number of phenols is 3. The average molecular weight is 2580 g/mol. The van der Waals surface area contributed by atoms with Gasteiger partial charge in [-0.1, -0.05) is 0 Å². The van der Waals surface area contributed by atoms with Crippen LogP contribution in [0.3, 0.4) is 0 Å². The van der Waals surface area contributed by atoms with Crippen LogP contribution in [0, 0.1) is 42.8 Å². The van der Waals surface area contributed by atoms with Gasteiger partial charge < -0.3 is 77.0 Å². The van der Waals surface area contributed by atoms with E-state index in [1.165, 1.54) is 0 Å². The number of hydrogen-bond donors (Lipinski definition) is 11. The van der Waals surface area contributed by atoms with Crippen molar-refractivity contribution in [2.75, 3.05) is 13.1 Å². The summed E-state index contributed by atoms with van der Waals surface area (Å²) in [7, 11) is 0. The Balaban J connectivity index is 0.000000349. The fraction of sp³-hybridized carbons (Fsp3) is 0.222. The van der Waals surface area contributed by atoms with Crippen LogP contribution in [0.1, 0.15) is 37.5 Å². The summed E-state index contributed by atoms with van der Waals surface area (Å²) in [4.78, 5) is 69.4. The molecule has 88 heavy (non-hydrogen) atoms. The molecular formula is C54H48ClI12N5O16. The number of nitrogens with two attached hydrogens (primary N) is 2. The van der Waals surface area contributed by atoms with Crippen molar-refractivity contribution in [2.24, 2.45) is 11.5 Å². The average Bonchev–Trinajstić information content (AvgIpc) is 3.62. The number of halogens is 13. The molecule has 0 aliphatic heterocycles. The second-order valence-corrected chi connectivity index (χ2v) is 32.7. The first-order chi connectivity index (χ1) is 40.5. The van der Waals surface area contributed by atoms with E-state index in [1.807, 2.05) is 115 Å². The number of nitrogens with one attached hydrogen (secondary N) is 3. The zero-order valence-corrected chi connectivity index (χ0v) is 71.8. The molecule has 0 bridgehead atoms. The van der Waals surface area contributed by atoms with E-state index in [4.69, 9.17) is 35.5 Å². The van der Waals surface area contributed by atoms with Gasteiger partial charge in [0.2, 0.25) is 11.8 Å². The van der Waals surface area contributed by atoms with Crippen molar-refractivity contribution >= 4 is 319 Å². The highest BCUT2D eigenvalue weighted by Gasteiger charge is 2.25. The number of rotatable bonds is 20. The maximum atomic E-state index is 12.2. The highest BCUT2D eigenvalue weighted by Crippen LogP contribution is 2.40. The standard InChI is InChI=1S/C22H22I4N2O7.C17H14I4N2O5.C15H11I4NO4.ClH/c1-22(2,3)35-21(33)27-9-17(29)28-16(20(31)32)6-10-4-14(25)19(15(26)5-10)34-11-7-12(23)18(30)13(24)8-11;18-9-4-8(5-10(19)15(9)25)28-16-11(20)1-7(2-12(16)21)3-13(17(26)27)23-14(24)6-22;16-8-4-7(5-9(17)13(8)21)24-14-10(18)1-6(2-11(14)19)3-12(20)15(22)23;/h4-5,7-8,16,30H,6,9H2,1-3H3,(H,27,33)(H,28,29)(H,31,32);1-2,4-5,13,25H,3,6,22H2,(H,23,24)(H,26,27);1-2,4-5,12,21H,3,20H2,(H,22,23);1H. The minimum absolute atomic E-state index is 0. The van der Waals surface area contributed by atoms with Gasteiger partial charge >= 0.3 is 24.0 Å². The highest BCUT2D eigenvalue weighted by atomic mass is 127. The van der Waals surface area contributed by atoms with Gasteiger partial charge in [-0.2, -0.15) is 0 Å². The van der Waals surface area contributed by atoms with Crippen LogP contribution in [0.15, 0.2) is 72.8 Å². The van der Waals surface area contributed by atoms with Gasteiger partial charge in [-0.05, 0) is 388 Å². The lowest BCUT2D eigenvalue weighted by molar-refractivity contribution is -0.142. The molecule has 6 rings (SSSR count). The van der Waals surface area contributed by atoms with Crippen molar-refractivity contribution in [3.05, 3.63) is 132 Å². The molecule has 0 aromatic heterocycles. The van der Waals surface area contributed by atoms with E-state index in [2.05, 4.69) is 197 Å². The number of ether oxygens (including phenoxy) is 4. The normalized spacial score (nSPS) is 11.8. The Morgan fingerprint density at radius 2 is 0.727 bits per heavy atom. The number of hydrogen-bond acceptors (Lipinski definition) is 15. The lowest BCUT2D eigenvalue weighted by atomic mass is 10.1. The monoisotopic (exact) mass is 2580 g/mol. The Hall–Kier alpha value is -0.290. The third-order valence-corrected chi connectivity index (χ3v) is 20.4. The molecule has 0 spiro atoms. The van der Waals surface area contributed by atoms with Gasteiger partial charge in [0.1, 0.15) is 64.8 Å². The molecule has 0 saturated heterocycles. The minimum atomic E-state index is -1.20. The molecule has 6 aromatic carbocycles. The van der Waals surface area contributed by atoms with Crippen molar-refractivity contribution in [3.8, 4) is 51.7 Å². The Bertz CT molecular complexity index is 3450. The van der Waals surface area contributed by atoms with E-state index in [9.17, 15) is 54.3 Å². The molecule has 0 radical (unpaired) electrons. The second-order valence-electron chi connectivity index (χ2n) is 18.7. The van der Waals surface area contributed by atoms with E-state index in [-0.39, 0.29) is 55.5 Å². The molecule has 0 aliphatic carbocycles. The Morgan fingerprint density at radius 1 is 0.455 bits per heavy atom. The summed E-state index contributed by atoms with van der Waals surface area (Å²) in [6, 6.07) is 18.2. The molecule has 3 atom stereocenters. The minimum Gasteiger partial charge on any atom is -0.506 e. The zero-order chi connectivity index (χ0) is 65.5. The van der Waals surface area contributed by atoms with Crippen molar-refractivity contribution in [1.82, 2.24) is 16.0 Å². The van der Waals surface area contributed by atoms with Crippen molar-refractivity contribution < 1.29 is 78.4 Å². The van der Waals surface area contributed by atoms with Gasteiger partial charge in [-0.3, -0.25) is 14.4 Å². The van der Waals surface area contributed by atoms with Gasteiger partial charge in [0.25, 0.3) is 0 Å². The van der Waals surface area contributed by atoms with Crippen LogP contribution >= 0.6 is 283 Å². The van der Waals surface area contributed by atoms with E-state index in [0.29, 0.717) is 61.5 Å². The lowest BCUT2D eigenvalue weighted by Crippen LogP contribution is -2.47. The first-order valence-corrected chi connectivity index (χ1v) is 37.1. The molecule has 476 valence electrons. The molecule has 21 nitrogen and oxygen atoms in total. The van der Waals surface area contributed by atoms with Crippen LogP contribution in [0.2, 0.25) is 0 Å². The summed E-state index contributed by atoms with van der Waals surface area (Å²) < 4.78 is 32.0. The molecule has 3 amide bonds. The lowest BCUT2D eigenvalue weighted by Gasteiger charge is -2.20. The maximum Gasteiger partial charge on any atom is 0.408 e. The Kier molecular flexibility index (Phi) is 35.8. The number of phenolic OH excluding ortho intramolecular Hbond substituents is 3. The summed E-state index contributed by atoms with van der Waals surface area (Å²) in [5.74, 6) is -0.138. The largest absolute Gasteiger partial charge is 0.506 e. The third-order valence-electron chi connectivity index (χ3n) is 10.7. The molecule has 6 aromatic rings. The summed E-state index contributed by atoms with van der Waals surface area (Å²) in [6.45, 7) is 4.40. The number of amides is 3. The number of carbonyl (C=O) groups excluding carboxylic acids is 3. The second kappa shape index (κ2) is 38.5. The maximum absolute atomic E-state index is 12.2. The molecule has 34 heteroatoms. The van der Waals surface area contributed by atoms with E-state index >= 15 is 0 Å². The van der Waals surface area contributed by atoms with Crippen LogP contribution in [0.4, 0.5) is 4.79 Å². The van der Waals surface area contributed by atoms with Gasteiger partial charge in [0.15, 0.2) is 17.2 Å². The van der Waals surface area contributed by atoms with Crippen molar-refractivity contribution in [3.63, 3.8) is 0 Å². The molecule has 0 saturated carbocycles. The Morgan fingerprint density at radius 3 is 0.977 bits per heavy atom. The van der Waals surface area contributed by atoms with Crippen LogP contribution < -0.4 is 41.6 Å². The summed E-state index contributed by atoms with van der Waals surface area (Å²) in [5.41, 5.74) is 12.4. The fourth-order valence-electron chi connectivity index (χ4n) is 6.82. The first kappa shape index (κ1) is 81.9. The quantitative estimate of drug-likeness (QED) is 0.0316. The molecule has 0 heterocycles. The third kappa shape index (κ3) is 26.7. The smallest absolute Gasteiger partial charge is 0.408 e. The van der Waals surface area contributed by atoms with Crippen molar-refractivity contribution in [1.29, 1.82) is 0 Å². The summed E-state index contributed by atoms with van der Waals surface area (Å²) in [6.07, 6.45) is -0.342. The van der Waals surface area contributed by atoms with E-state index in [1.54, 1.807) is 69.3 Å². The first-order valence-electron chi connectivity index (χ1n) is 24.2. The van der Waals surface area contributed by atoms with Crippen molar-refractivity contribution in [2.45, 2.75) is 63.8 Å². The van der Waals surface area contributed by atoms with E-state index < -0.39 is 66.1 Å². The van der Waals surface area contributed by atoms with Gasteiger partial charge in [0.05, 0.1) is 49.4 Å². The number of benzene rings is 6. The highest BCUT2D eigenvalue weighted by molar-refractivity contribution is 14.1. The number of aromatic hydroxyl groups is 3. The number of carboxylic acid groups (broad SMARTS) is 3. The van der Waals surface area contributed by atoms with E-state index in [0.717, 1.165) is 32.5 Å². The number of alkyl carbamates (subject to hydrolysis) is 1. The predicted molar refractivity (Wildman–Crippen MR) is 433 cm³/mol. The predicted octanol–water partition coefficient (Wildman–Crippen LogP) is 13.9. The van der Waals surface area contributed by atoms with Gasteiger partial charge in [-0.25, -0.2) is 14.4 Å². The summed E-state index contributed by atoms with van der Waals surface area (Å²) >= 11 is 25.0. The SMILES string of the molecule is CC(C)(C)OC(=O)NCC(=O)NC(Cc1cc(I)c(Oc2cc(I)c(O)c(I)c2)c(I)c1)C(=O)O.Cl.NC(Cc1cc(I)c(Oc2cc(I)c(O)c(I)c2)c(I)c1)C(=O)O.NCC(=O)NC(Cc1cc(I)c(Oc2cc(I)c(O)c(I)c2)c(I)c1)C(=O)O. The Labute approximate surface area is 674 Å². The number of carbonyl (C=O) groups is 6. The molecular weight excluding hydrogens is 2530 g/mol. The number of aliphatic carboxylic acids is 3. The van der Waals surface area contributed by atoms with Gasteiger partial charge in [0, 0.05) is 12.8 Å². The zero-order valence-electron chi connectivity index (χ0n) is 45.1. The molecule has 13 N–H and O–H groups in total.